The Balaban J connectivity index is 2.08. The minimum atomic E-state index is -1.39. The van der Waals surface area contributed by atoms with Crippen molar-refractivity contribution in [2.45, 2.75) is 19.3 Å². The monoisotopic (exact) mass is 287 g/mol. The molecule has 1 fully saturated rings. The lowest BCUT2D eigenvalue weighted by atomic mass is 10.0. The predicted molar refractivity (Wildman–Crippen MR) is 63.4 cm³/mol. The van der Waals surface area contributed by atoms with Crippen molar-refractivity contribution in [2.75, 3.05) is 5.32 Å². The van der Waals surface area contributed by atoms with Gasteiger partial charge in [0, 0.05) is 18.1 Å². The molecule has 4 nitrogen and oxygen atoms in total. The predicted octanol–water partition coefficient (Wildman–Crippen LogP) is 2.54. The molecule has 0 aliphatic heterocycles. The Hall–Kier alpha value is -2.05. The van der Waals surface area contributed by atoms with Gasteiger partial charge >= 0.3 is 5.97 Å². The lowest BCUT2D eigenvalue weighted by Crippen LogP contribution is -2.22. The minimum Gasteiger partial charge on any atom is -0.481 e. The van der Waals surface area contributed by atoms with Crippen molar-refractivity contribution in [3.63, 3.8) is 0 Å². The summed E-state index contributed by atoms with van der Waals surface area (Å²) in [6.07, 6.45) is 0.843. The first-order valence-corrected chi connectivity index (χ1v) is 6.06. The molecule has 1 aliphatic rings. The molecule has 1 aliphatic carbocycles. The Labute approximate surface area is 112 Å². The summed E-state index contributed by atoms with van der Waals surface area (Å²) < 4.78 is 39.3. The average molecular weight is 287 g/mol. The van der Waals surface area contributed by atoms with E-state index in [-0.39, 0.29) is 6.42 Å². The number of carbonyl (C=O) groups is 2. The number of amides is 1. The van der Waals surface area contributed by atoms with Crippen LogP contribution in [0.2, 0.25) is 0 Å². The number of carboxylic acid groups (broad SMARTS) is 1. The summed E-state index contributed by atoms with van der Waals surface area (Å²) in [5, 5.41) is 10.9. The largest absolute Gasteiger partial charge is 0.481 e. The number of hydrogen-bond acceptors (Lipinski definition) is 2. The van der Waals surface area contributed by atoms with Crippen LogP contribution in [0.15, 0.2) is 12.1 Å². The van der Waals surface area contributed by atoms with Crippen LogP contribution >= 0.6 is 0 Å². The fraction of sp³-hybridized carbons (Fsp3) is 0.385. The van der Waals surface area contributed by atoms with Gasteiger partial charge in [-0.2, -0.15) is 0 Å². The van der Waals surface area contributed by atoms with Crippen LogP contribution < -0.4 is 5.32 Å². The molecule has 7 heteroatoms. The Bertz CT molecular complexity index is 562. The van der Waals surface area contributed by atoms with Crippen molar-refractivity contribution in [1.82, 2.24) is 0 Å². The second-order valence-corrected chi connectivity index (χ2v) is 4.78. The van der Waals surface area contributed by atoms with Crippen LogP contribution in [0.3, 0.4) is 0 Å². The minimum absolute atomic E-state index is 0.139. The number of anilines is 1. The zero-order chi connectivity index (χ0) is 14.9. The lowest BCUT2D eigenvalue weighted by molar-refractivity contribution is -0.141. The van der Waals surface area contributed by atoms with Gasteiger partial charge in [0.05, 0.1) is 11.6 Å². The second kappa shape index (κ2) is 5.52. The summed E-state index contributed by atoms with van der Waals surface area (Å²) in [4.78, 5) is 22.6. The third-order valence-corrected chi connectivity index (χ3v) is 3.40. The van der Waals surface area contributed by atoms with Gasteiger partial charge in [-0.1, -0.05) is 0 Å². The van der Waals surface area contributed by atoms with Crippen LogP contribution in [0.4, 0.5) is 18.9 Å². The normalized spacial score (nSPS) is 21.8. The Morgan fingerprint density at radius 1 is 1.15 bits per heavy atom. The van der Waals surface area contributed by atoms with Crippen molar-refractivity contribution < 1.29 is 27.9 Å². The highest BCUT2D eigenvalue weighted by Gasteiger charge is 2.34. The van der Waals surface area contributed by atoms with Crippen molar-refractivity contribution in [1.29, 1.82) is 0 Å². The van der Waals surface area contributed by atoms with Gasteiger partial charge in [0.15, 0.2) is 11.6 Å². The smallest absolute Gasteiger partial charge is 0.306 e. The second-order valence-electron chi connectivity index (χ2n) is 4.78. The molecule has 108 valence electrons. The number of nitrogens with one attached hydrogen (secondary N) is 1. The third-order valence-electron chi connectivity index (χ3n) is 3.40. The van der Waals surface area contributed by atoms with E-state index in [1.54, 1.807) is 0 Å². The first-order chi connectivity index (χ1) is 9.38. The van der Waals surface area contributed by atoms with Crippen molar-refractivity contribution in [2.24, 2.45) is 11.8 Å². The average Bonchev–Trinajstić information content (AvgIpc) is 2.85. The van der Waals surface area contributed by atoms with Gasteiger partial charge in [0.1, 0.15) is 5.82 Å². The molecule has 0 aromatic heterocycles. The van der Waals surface area contributed by atoms with Crippen LogP contribution in [0.1, 0.15) is 19.3 Å². The van der Waals surface area contributed by atoms with E-state index in [4.69, 9.17) is 5.11 Å². The number of aliphatic carboxylic acids is 1. The molecule has 0 heterocycles. The third kappa shape index (κ3) is 2.92. The van der Waals surface area contributed by atoms with Gasteiger partial charge in [0.2, 0.25) is 5.91 Å². The number of hydrogen-bond donors (Lipinski definition) is 2. The molecule has 2 rings (SSSR count). The molecule has 20 heavy (non-hydrogen) atoms. The summed E-state index contributed by atoms with van der Waals surface area (Å²) in [5.41, 5.74) is -0.578. The Morgan fingerprint density at radius 3 is 2.40 bits per heavy atom. The van der Waals surface area contributed by atoms with Crippen molar-refractivity contribution in [3.8, 4) is 0 Å². The fourth-order valence-corrected chi connectivity index (χ4v) is 2.33. The molecule has 1 aromatic rings. The molecule has 2 unspecified atom stereocenters. The van der Waals surface area contributed by atoms with Crippen LogP contribution in [-0.2, 0) is 9.59 Å². The van der Waals surface area contributed by atoms with Crippen LogP contribution in [0.25, 0.3) is 0 Å². The van der Waals surface area contributed by atoms with Gasteiger partial charge in [0.25, 0.3) is 0 Å². The maximum absolute atomic E-state index is 13.4. The van der Waals surface area contributed by atoms with E-state index in [0.29, 0.717) is 25.0 Å². The topological polar surface area (TPSA) is 66.4 Å². The zero-order valence-corrected chi connectivity index (χ0v) is 10.3. The summed E-state index contributed by atoms with van der Waals surface area (Å²) in [6.45, 7) is 0. The van der Waals surface area contributed by atoms with Crippen LogP contribution in [-0.4, -0.2) is 17.0 Å². The zero-order valence-electron chi connectivity index (χ0n) is 10.3. The molecule has 2 atom stereocenters. The molecule has 1 amide bonds. The summed E-state index contributed by atoms with van der Waals surface area (Å²) in [7, 11) is 0. The molecule has 0 spiro atoms. The van der Waals surface area contributed by atoms with Gasteiger partial charge in [-0.3, -0.25) is 9.59 Å². The van der Waals surface area contributed by atoms with E-state index in [0.717, 1.165) is 0 Å². The van der Waals surface area contributed by atoms with Gasteiger partial charge in [-0.25, -0.2) is 13.2 Å². The highest BCUT2D eigenvalue weighted by molar-refractivity contribution is 5.93. The molecular weight excluding hydrogens is 275 g/mol. The van der Waals surface area contributed by atoms with Crippen LogP contribution in [0, 0.1) is 29.3 Å². The lowest BCUT2D eigenvalue weighted by Gasteiger charge is -2.11. The SMILES string of the molecule is O=C(O)C1CCC(C(=O)Nc2cc(F)cc(F)c2F)C1. The van der Waals surface area contributed by atoms with E-state index in [1.165, 1.54) is 0 Å². The molecule has 2 N–H and O–H groups in total. The van der Waals surface area contributed by atoms with E-state index in [1.807, 2.05) is 0 Å². The number of carboxylic acids is 1. The van der Waals surface area contributed by atoms with E-state index in [9.17, 15) is 22.8 Å². The molecular formula is C13H12F3NO3. The van der Waals surface area contributed by atoms with E-state index < -0.39 is 46.9 Å². The number of carbonyl (C=O) groups excluding carboxylic acids is 1. The van der Waals surface area contributed by atoms with E-state index >= 15 is 0 Å². The fourth-order valence-electron chi connectivity index (χ4n) is 2.33. The Kier molecular flexibility index (Phi) is 3.96. The van der Waals surface area contributed by atoms with E-state index in [2.05, 4.69) is 5.32 Å². The maximum Gasteiger partial charge on any atom is 0.306 e. The quantitative estimate of drug-likeness (QED) is 0.840. The molecule has 1 aromatic carbocycles. The standard InChI is InChI=1S/C13H12F3NO3/c14-8-4-9(15)11(16)10(5-8)17-12(18)6-1-2-7(3-6)13(19)20/h4-7H,1-3H2,(H,17,18)(H,19,20). The van der Waals surface area contributed by atoms with Gasteiger partial charge < -0.3 is 10.4 Å². The summed E-state index contributed by atoms with van der Waals surface area (Å²) in [5.74, 6) is -6.56. The van der Waals surface area contributed by atoms with Crippen molar-refractivity contribution >= 4 is 17.6 Å². The number of rotatable bonds is 3. The molecule has 1 saturated carbocycles. The van der Waals surface area contributed by atoms with Crippen LogP contribution in [0.5, 0.6) is 0 Å². The maximum atomic E-state index is 13.4. The Morgan fingerprint density at radius 2 is 1.80 bits per heavy atom. The highest BCUT2D eigenvalue weighted by atomic mass is 19.2. The highest BCUT2D eigenvalue weighted by Crippen LogP contribution is 2.32. The number of benzene rings is 1. The summed E-state index contributed by atoms with van der Waals surface area (Å²) >= 11 is 0. The first-order valence-electron chi connectivity index (χ1n) is 6.06. The van der Waals surface area contributed by atoms with Crippen molar-refractivity contribution in [3.05, 3.63) is 29.6 Å². The molecule has 0 saturated heterocycles. The van der Waals surface area contributed by atoms with Gasteiger partial charge in [-0.05, 0) is 19.3 Å². The number of halogens is 3. The molecule has 0 bridgehead atoms. The van der Waals surface area contributed by atoms with Gasteiger partial charge in [-0.15, -0.1) is 0 Å². The first kappa shape index (κ1) is 14.4. The summed E-state index contributed by atoms with van der Waals surface area (Å²) in [6, 6.07) is 1.06. The molecule has 0 radical (unpaired) electrons.